The van der Waals surface area contributed by atoms with Gasteiger partial charge in [-0.15, -0.1) is 5.10 Å². The van der Waals surface area contributed by atoms with Gasteiger partial charge in [0.05, 0.1) is 12.0 Å². The number of nitrogens with zero attached hydrogens (tertiary/aromatic N) is 5. The standard InChI is InChI=1S/C17H21N9O3S2/c1-29-13-14(21-9-22-15(13)30-11-6-7-20-8-11)26-16(18)24-17(25-26)23-10-2-4-12(5-3-10)31(19,27)28/h2-5,9,11,20H,6-8H2,1H3,(H2,19,27,28)(H3,18,23,24,25)/t11-/m0/s1. The molecule has 1 aliphatic rings. The van der Waals surface area contributed by atoms with E-state index >= 15 is 0 Å². The summed E-state index contributed by atoms with van der Waals surface area (Å²) in [5, 5.41) is 16.9. The maximum Gasteiger partial charge on any atom is 0.248 e. The van der Waals surface area contributed by atoms with Crippen LogP contribution in [0.15, 0.2) is 40.5 Å². The Balaban J connectivity index is 1.60. The number of nitrogen functional groups attached to an aromatic ring is 1. The summed E-state index contributed by atoms with van der Waals surface area (Å²) in [5.74, 6) is 1.13. The fourth-order valence-corrected chi connectivity index (χ4v) is 4.70. The first-order valence-corrected chi connectivity index (χ1v) is 11.7. The minimum absolute atomic E-state index is 0.00395. The number of nitrogens with one attached hydrogen (secondary N) is 2. The van der Waals surface area contributed by atoms with Crippen LogP contribution in [0.4, 0.5) is 17.6 Å². The molecule has 1 aliphatic heterocycles. The number of nitrogens with two attached hydrogens (primary N) is 2. The molecule has 1 aromatic carbocycles. The summed E-state index contributed by atoms with van der Waals surface area (Å²) in [7, 11) is -2.23. The molecular formula is C17H21N9O3S2. The average Bonchev–Trinajstić information content (AvgIpc) is 3.37. The average molecular weight is 464 g/mol. The molecule has 3 aromatic rings. The van der Waals surface area contributed by atoms with Gasteiger partial charge in [0.1, 0.15) is 11.4 Å². The zero-order valence-electron chi connectivity index (χ0n) is 16.5. The zero-order chi connectivity index (χ0) is 22.0. The second-order valence-electron chi connectivity index (χ2n) is 6.67. The van der Waals surface area contributed by atoms with Gasteiger partial charge in [0.2, 0.25) is 27.7 Å². The summed E-state index contributed by atoms with van der Waals surface area (Å²) in [4.78, 5) is 12.8. The number of rotatable bonds is 7. The maximum atomic E-state index is 11.4. The molecule has 31 heavy (non-hydrogen) atoms. The second-order valence-corrected chi connectivity index (χ2v) is 9.52. The van der Waals surface area contributed by atoms with Crippen LogP contribution in [0.1, 0.15) is 6.42 Å². The molecule has 0 aliphatic carbocycles. The first kappa shape index (κ1) is 21.3. The summed E-state index contributed by atoms with van der Waals surface area (Å²) in [6, 6.07) is 5.86. The molecule has 2 aromatic heterocycles. The second kappa shape index (κ2) is 8.66. The molecule has 12 nitrogen and oxygen atoms in total. The van der Waals surface area contributed by atoms with Gasteiger partial charge in [-0.2, -0.15) is 9.67 Å². The van der Waals surface area contributed by atoms with Crippen molar-refractivity contribution in [1.82, 2.24) is 30.0 Å². The molecule has 3 heterocycles. The monoisotopic (exact) mass is 463 g/mol. The van der Waals surface area contributed by atoms with Crippen LogP contribution in [0.2, 0.25) is 0 Å². The van der Waals surface area contributed by atoms with Crippen LogP contribution >= 0.6 is 11.8 Å². The minimum atomic E-state index is -3.77. The zero-order valence-corrected chi connectivity index (χ0v) is 18.2. The third kappa shape index (κ3) is 4.71. The van der Waals surface area contributed by atoms with Crippen molar-refractivity contribution in [2.75, 3.05) is 31.2 Å². The van der Waals surface area contributed by atoms with Crippen molar-refractivity contribution in [1.29, 1.82) is 0 Å². The van der Waals surface area contributed by atoms with Crippen LogP contribution in [-0.4, -0.2) is 58.6 Å². The Labute approximate surface area is 182 Å². The molecule has 0 spiro atoms. The Morgan fingerprint density at radius 2 is 2.06 bits per heavy atom. The van der Waals surface area contributed by atoms with Gasteiger partial charge in [0, 0.05) is 17.5 Å². The van der Waals surface area contributed by atoms with Gasteiger partial charge in [-0.3, -0.25) is 0 Å². The number of aromatic nitrogens is 5. The summed E-state index contributed by atoms with van der Waals surface area (Å²) in [6.45, 7) is 1.87. The molecule has 1 fully saturated rings. The lowest BCUT2D eigenvalue weighted by Crippen LogP contribution is -2.12. The van der Waals surface area contributed by atoms with E-state index in [0.717, 1.165) is 19.5 Å². The number of sulfonamides is 1. The normalized spacial score (nSPS) is 16.4. The van der Waals surface area contributed by atoms with Crippen LogP contribution in [0.25, 0.3) is 5.82 Å². The predicted octanol–water partition coefficient (Wildman–Crippen LogP) is 0.493. The molecule has 14 heteroatoms. The molecule has 164 valence electrons. The highest BCUT2D eigenvalue weighted by atomic mass is 32.2. The van der Waals surface area contributed by atoms with Gasteiger partial charge in [0.15, 0.2) is 5.75 Å². The Kier molecular flexibility index (Phi) is 5.95. The lowest BCUT2D eigenvalue weighted by molar-refractivity contribution is 0.394. The van der Waals surface area contributed by atoms with Crippen LogP contribution in [0, 0.1) is 0 Å². The molecule has 0 unspecified atom stereocenters. The Bertz CT molecular complexity index is 1180. The maximum absolute atomic E-state index is 11.4. The Hall–Kier alpha value is -2.94. The van der Waals surface area contributed by atoms with E-state index in [2.05, 4.69) is 30.7 Å². The van der Waals surface area contributed by atoms with E-state index in [1.54, 1.807) is 31.0 Å². The van der Waals surface area contributed by atoms with Crippen molar-refractivity contribution in [2.45, 2.75) is 21.6 Å². The van der Waals surface area contributed by atoms with E-state index in [9.17, 15) is 8.42 Å². The topological polar surface area (TPSA) is 176 Å². The first-order chi connectivity index (χ1) is 14.8. The highest BCUT2D eigenvalue weighted by molar-refractivity contribution is 8.00. The summed E-state index contributed by atoms with van der Waals surface area (Å²) in [5.41, 5.74) is 6.63. The highest BCUT2D eigenvalue weighted by Gasteiger charge is 2.23. The number of ether oxygens (including phenoxy) is 1. The quantitative estimate of drug-likeness (QED) is 0.359. The summed E-state index contributed by atoms with van der Waals surface area (Å²) >= 11 is 1.61. The number of benzene rings is 1. The SMILES string of the molecule is COc1c(S[C@H]2CCNC2)ncnc1-n1nc(Nc2ccc(S(N)(=O)=O)cc2)nc1N. The molecular weight excluding hydrogens is 442 g/mol. The molecule has 1 saturated heterocycles. The number of thioether (sulfide) groups is 1. The molecule has 0 amide bonds. The van der Waals surface area contributed by atoms with E-state index in [1.807, 2.05) is 0 Å². The fraction of sp³-hybridized carbons (Fsp3) is 0.294. The van der Waals surface area contributed by atoms with Gasteiger partial charge in [-0.1, -0.05) is 11.8 Å². The predicted molar refractivity (Wildman–Crippen MR) is 116 cm³/mol. The summed E-state index contributed by atoms with van der Waals surface area (Å²) < 4.78 is 29.7. The van der Waals surface area contributed by atoms with Gasteiger partial charge < -0.3 is 21.1 Å². The van der Waals surface area contributed by atoms with Crippen LogP contribution in [0.5, 0.6) is 5.75 Å². The summed E-state index contributed by atoms with van der Waals surface area (Å²) in [6.07, 6.45) is 2.47. The molecule has 4 rings (SSSR count). The third-order valence-corrected chi connectivity index (χ3v) is 6.70. The van der Waals surface area contributed by atoms with Gasteiger partial charge in [0.25, 0.3) is 0 Å². The fourth-order valence-electron chi connectivity index (χ4n) is 3.04. The molecule has 0 saturated carbocycles. The number of methoxy groups -OCH3 is 1. The molecule has 1 atom stereocenters. The Morgan fingerprint density at radius 1 is 1.29 bits per heavy atom. The van der Waals surface area contributed by atoms with Crippen molar-refractivity contribution in [3.05, 3.63) is 30.6 Å². The highest BCUT2D eigenvalue weighted by Crippen LogP contribution is 2.36. The lowest BCUT2D eigenvalue weighted by Gasteiger charge is -2.13. The van der Waals surface area contributed by atoms with E-state index < -0.39 is 10.0 Å². The Morgan fingerprint density at radius 3 is 2.71 bits per heavy atom. The van der Waals surface area contributed by atoms with Crippen LogP contribution < -0.4 is 26.2 Å². The third-order valence-electron chi connectivity index (χ3n) is 4.52. The van der Waals surface area contributed by atoms with Crippen molar-refractivity contribution in [3.63, 3.8) is 0 Å². The van der Waals surface area contributed by atoms with E-state index in [0.29, 0.717) is 27.5 Å². The van der Waals surface area contributed by atoms with E-state index in [4.69, 9.17) is 15.6 Å². The number of hydrogen-bond donors (Lipinski definition) is 4. The molecule has 6 N–H and O–H groups in total. The molecule has 0 radical (unpaired) electrons. The number of hydrogen-bond acceptors (Lipinski definition) is 11. The largest absolute Gasteiger partial charge is 0.490 e. The van der Waals surface area contributed by atoms with Crippen LogP contribution in [-0.2, 0) is 10.0 Å². The van der Waals surface area contributed by atoms with Crippen molar-refractivity contribution in [2.24, 2.45) is 5.14 Å². The minimum Gasteiger partial charge on any atom is -0.490 e. The van der Waals surface area contributed by atoms with Crippen molar-refractivity contribution < 1.29 is 13.2 Å². The van der Waals surface area contributed by atoms with E-state index in [1.165, 1.54) is 23.1 Å². The van der Waals surface area contributed by atoms with Crippen molar-refractivity contribution in [3.8, 4) is 11.6 Å². The molecule has 0 bridgehead atoms. The first-order valence-electron chi connectivity index (χ1n) is 9.24. The smallest absolute Gasteiger partial charge is 0.248 e. The van der Waals surface area contributed by atoms with Gasteiger partial charge in [-0.25, -0.2) is 23.5 Å². The number of primary sulfonamides is 1. The lowest BCUT2D eigenvalue weighted by atomic mass is 10.3. The number of anilines is 3. The van der Waals surface area contributed by atoms with Gasteiger partial charge in [-0.05, 0) is 37.2 Å². The van der Waals surface area contributed by atoms with Gasteiger partial charge >= 0.3 is 0 Å². The van der Waals surface area contributed by atoms with E-state index in [-0.39, 0.29) is 16.8 Å². The van der Waals surface area contributed by atoms with Crippen LogP contribution in [0.3, 0.4) is 0 Å². The van der Waals surface area contributed by atoms with Crippen molar-refractivity contribution >= 4 is 39.4 Å².